The first-order valence-electron chi connectivity index (χ1n) is 3.02. The van der Waals surface area contributed by atoms with Gasteiger partial charge < -0.3 is 0 Å². The van der Waals surface area contributed by atoms with Crippen LogP contribution in [0.2, 0.25) is 0 Å². The van der Waals surface area contributed by atoms with Gasteiger partial charge in [0.2, 0.25) is 0 Å². The van der Waals surface area contributed by atoms with E-state index in [1.54, 1.807) is 12.1 Å². The van der Waals surface area contributed by atoms with E-state index in [2.05, 4.69) is 0 Å². The summed E-state index contributed by atoms with van der Waals surface area (Å²) < 4.78 is 34.8. The van der Waals surface area contributed by atoms with Gasteiger partial charge >= 0.3 is 5.51 Å². The molecule has 0 fully saturated rings. The van der Waals surface area contributed by atoms with Crippen molar-refractivity contribution in [2.75, 3.05) is 0 Å². The molecule has 1 aromatic heterocycles. The maximum Gasteiger partial charge on any atom is 0.445 e. The van der Waals surface area contributed by atoms with E-state index >= 15 is 0 Å². The molecule has 0 saturated heterocycles. The zero-order valence-corrected chi connectivity index (χ0v) is 7.47. The molecule has 5 heteroatoms. The Hall–Kier alpha value is -0.420. The zero-order valence-electron chi connectivity index (χ0n) is 5.84. The van der Waals surface area contributed by atoms with Crippen LogP contribution in [0.15, 0.2) is 22.9 Å². The number of thioether (sulfide) groups is 1. The van der Waals surface area contributed by atoms with E-state index in [0.29, 0.717) is 0 Å². The van der Waals surface area contributed by atoms with E-state index in [9.17, 15) is 13.2 Å². The van der Waals surface area contributed by atoms with Crippen LogP contribution >= 0.6 is 23.1 Å². The minimum atomic E-state index is -4.17. The van der Waals surface area contributed by atoms with Crippen LogP contribution in [0.3, 0.4) is 0 Å². The van der Waals surface area contributed by atoms with Gasteiger partial charge in [0.05, 0.1) is 0 Å². The fourth-order valence-electron chi connectivity index (χ4n) is 0.564. The van der Waals surface area contributed by atoms with Gasteiger partial charge in [-0.1, -0.05) is 6.07 Å². The van der Waals surface area contributed by atoms with E-state index in [0.717, 1.165) is 10.3 Å². The summed E-state index contributed by atoms with van der Waals surface area (Å²) >= 11 is 1.26. The lowest BCUT2D eigenvalue weighted by Gasteiger charge is -1.98. The molecule has 0 amide bonds. The molecule has 0 unspecified atom stereocenters. The standard InChI is InChI=1S/C7H5F3S2/c8-7(9,10)12-5-3-6-2-1-4-11-6/h1-5H/b5-3+. The van der Waals surface area contributed by atoms with Crippen molar-refractivity contribution in [3.63, 3.8) is 0 Å². The first-order chi connectivity index (χ1) is 5.58. The largest absolute Gasteiger partial charge is 0.445 e. The normalized spacial score (nSPS) is 12.6. The predicted octanol–water partition coefficient (Wildman–Crippen LogP) is 3.97. The summed E-state index contributed by atoms with van der Waals surface area (Å²) in [5.41, 5.74) is -4.17. The lowest BCUT2D eigenvalue weighted by molar-refractivity contribution is -0.0319. The Bertz CT molecular complexity index is 248. The molecule has 0 aliphatic heterocycles. The van der Waals surface area contributed by atoms with Crippen LogP contribution in [0, 0.1) is 0 Å². The van der Waals surface area contributed by atoms with Crippen molar-refractivity contribution in [1.29, 1.82) is 0 Å². The molecule has 1 aromatic rings. The van der Waals surface area contributed by atoms with Gasteiger partial charge in [-0.3, -0.25) is 0 Å². The maximum absolute atomic E-state index is 11.6. The molecular weight excluding hydrogens is 205 g/mol. The predicted molar refractivity (Wildman–Crippen MR) is 47.0 cm³/mol. The van der Waals surface area contributed by atoms with Gasteiger partial charge in [0.1, 0.15) is 0 Å². The van der Waals surface area contributed by atoms with Crippen LogP contribution in [0.5, 0.6) is 0 Å². The molecule has 0 N–H and O–H groups in total. The molecule has 0 spiro atoms. The number of rotatable bonds is 2. The molecule has 0 nitrogen and oxygen atoms in total. The number of halogens is 3. The molecular formula is C7H5F3S2. The van der Waals surface area contributed by atoms with Crippen LogP contribution in [0.1, 0.15) is 4.88 Å². The number of hydrogen-bond acceptors (Lipinski definition) is 2. The average molecular weight is 210 g/mol. The lowest BCUT2D eigenvalue weighted by Crippen LogP contribution is -1.96. The monoisotopic (exact) mass is 210 g/mol. The number of alkyl halides is 3. The van der Waals surface area contributed by atoms with Crippen molar-refractivity contribution in [2.45, 2.75) is 5.51 Å². The molecule has 1 rings (SSSR count). The topological polar surface area (TPSA) is 0 Å². The minimum Gasteiger partial charge on any atom is -0.160 e. The van der Waals surface area contributed by atoms with Crippen LogP contribution < -0.4 is 0 Å². The summed E-state index contributed by atoms with van der Waals surface area (Å²) in [6.45, 7) is 0. The second-order valence-corrected chi connectivity index (χ2v) is 3.83. The Morgan fingerprint density at radius 3 is 2.67 bits per heavy atom. The van der Waals surface area contributed by atoms with E-state index in [-0.39, 0.29) is 11.8 Å². The fraction of sp³-hybridized carbons (Fsp3) is 0.143. The van der Waals surface area contributed by atoms with Crippen LogP contribution in [-0.4, -0.2) is 5.51 Å². The SMILES string of the molecule is FC(F)(F)S/C=C/c1cccs1. The number of hydrogen-bond donors (Lipinski definition) is 0. The smallest absolute Gasteiger partial charge is 0.160 e. The van der Waals surface area contributed by atoms with Gasteiger partial charge in [0, 0.05) is 4.88 Å². The van der Waals surface area contributed by atoms with E-state index < -0.39 is 5.51 Å². The second kappa shape index (κ2) is 4.00. The van der Waals surface area contributed by atoms with Gasteiger partial charge in [0.15, 0.2) is 0 Å². The Labute approximate surface area is 76.1 Å². The van der Waals surface area contributed by atoms with E-state index in [1.165, 1.54) is 17.4 Å². The average Bonchev–Trinajstić information content (AvgIpc) is 2.36. The Morgan fingerprint density at radius 2 is 2.17 bits per heavy atom. The molecule has 0 aromatic carbocycles. The van der Waals surface area contributed by atoms with Gasteiger partial charge in [-0.15, -0.1) is 11.3 Å². The van der Waals surface area contributed by atoms with Crippen molar-refractivity contribution in [3.05, 3.63) is 27.8 Å². The van der Waals surface area contributed by atoms with Gasteiger partial charge in [-0.2, -0.15) is 13.2 Å². The van der Waals surface area contributed by atoms with Crippen molar-refractivity contribution in [3.8, 4) is 0 Å². The highest BCUT2D eigenvalue weighted by Gasteiger charge is 2.26. The molecule has 0 saturated carbocycles. The molecule has 0 radical (unpaired) electrons. The third kappa shape index (κ3) is 3.82. The summed E-state index contributed by atoms with van der Waals surface area (Å²) in [5, 5.41) is 2.86. The lowest BCUT2D eigenvalue weighted by atomic mass is 10.5. The summed E-state index contributed by atoms with van der Waals surface area (Å²) in [5.74, 6) is 0. The van der Waals surface area contributed by atoms with Crippen LogP contribution in [0.25, 0.3) is 6.08 Å². The molecule has 1 heterocycles. The second-order valence-electron chi connectivity index (χ2n) is 1.88. The zero-order chi connectivity index (χ0) is 9.03. The first-order valence-corrected chi connectivity index (χ1v) is 4.78. The quantitative estimate of drug-likeness (QED) is 0.711. The van der Waals surface area contributed by atoms with Crippen molar-refractivity contribution < 1.29 is 13.2 Å². The van der Waals surface area contributed by atoms with Gasteiger partial charge in [-0.05, 0) is 34.7 Å². The molecule has 0 atom stereocenters. The van der Waals surface area contributed by atoms with Crippen molar-refractivity contribution in [2.24, 2.45) is 0 Å². The highest BCUT2D eigenvalue weighted by molar-refractivity contribution is 8.03. The molecule has 0 aliphatic rings. The van der Waals surface area contributed by atoms with E-state index in [1.807, 2.05) is 5.38 Å². The highest BCUT2D eigenvalue weighted by Crippen LogP contribution is 2.31. The van der Waals surface area contributed by atoms with Crippen molar-refractivity contribution >= 4 is 29.2 Å². The summed E-state index contributed by atoms with van der Waals surface area (Å²) in [4.78, 5) is 0.826. The van der Waals surface area contributed by atoms with E-state index in [4.69, 9.17) is 0 Å². The molecule has 66 valence electrons. The van der Waals surface area contributed by atoms with Crippen LogP contribution in [0.4, 0.5) is 13.2 Å². The Balaban J connectivity index is 2.42. The Kier molecular flexibility index (Phi) is 3.22. The summed E-state index contributed by atoms with van der Waals surface area (Å²) in [6.07, 6.45) is 1.45. The molecule has 0 bridgehead atoms. The third-order valence-corrected chi connectivity index (χ3v) is 2.35. The number of thiophene rings is 1. The Morgan fingerprint density at radius 1 is 1.42 bits per heavy atom. The van der Waals surface area contributed by atoms with Crippen LogP contribution in [-0.2, 0) is 0 Å². The molecule has 0 aliphatic carbocycles. The molecule has 12 heavy (non-hydrogen) atoms. The maximum atomic E-state index is 11.6. The first kappa shape index (κ1) is 9.67. The fourth-order valence-corrected chi connectivity index (χ4v) is 1.64. The van der Waals surface area contributed by atoms with Gasteiger partial charge in [-0.25, -0.2) is 0 Å². The third-order valence-electron chi connectivity index (χ3n) is 0.977. The van der Waals surface area contributed by atoms with Crippen molar-refractivity contribution in [1.82, 2.24) is 0 Å². The summed E-state index contributed by atoms with van der Waals surface area (Å²) in [6, 6.07) is 3.56. The van der Waals surface area contributed by atoms with Gasteiger partial charge in [0.25, 0.3) is 0 Å². The minimum absolute atomic E-state index is 0.142. The highest BCUT2D eigenvalue weighted by atomic mass is 32.2. The summed E-state index contributed by atoms with van der Waals surface area (Å²) in [7, 11) is 0.